The maximum Gasteiger partial charge on any atom is 0.309 e. The van der Waals surface area contributed by atoms with Gasteiger partial charge in [0.2, 0.25) is 0 Å². The molecule has 0 bridgehead atoms. The first-order chi connectivity index (χ1) is 15.6. The topological polar surface area (TPSA) is 86.6 Å². The van der Waals surface area contributed by atoms with Crippen molar-refractivity contribution < 1.29 is 19.1 Å². The van der Waals surface area contributed by atoms with Crippen molar-refractivity contribution >= 4 is 11.9 Å². The van der Waals surface area contributed by atoms with Crippen LogP contribution in [0.5, 0.6) is 5.75 Å². The van der Waals surface area contributed by atoms with Gasteiger partial charge in [0, 0.05) is 31.0 Å². The van der Waals surface area contributed by atoms with E-state index in [2.05, 4.69) is 10.1 Å². The summed E-state index contributed by atoms with van der Waals surface area (Å²) in [5, 5.41) is 4.64. The second-order valence-corrected chi connectivity index (χ2v) is 7.58. The van der Waals surface area contributed by atoms with E-state index in [0.29, 0.717) is 38.2 Å². The number of hydrogen-bond donors (Lipinski definition) is 0. The number of pyridine rings is 1. The zero-order valence-corrected chi connectivity index (χ0v) is 18.2. The number of nitrogens with zero attached hydrogens (tertiary/aromatic N) is 4. The highest BCUT2D eigenvalue weighted by Crippen LogP contribution is 2.26. The van der Waals surface area contributed by atoms with Crippen LogP contribution in [0.2, 0.25) is 0 Å². The summed E-state index contributed by atoms with van der Waals surface area (Å²) in [5.41, 5.74) is 2.79. The summed E-state index contributed by atoms with van der Waals surface area (Å²) >= 11 is 0. The number of esters is 1. The van der Waals surface area contributed by atoms with Gasteiger partial charge in [-0.15, -0.1) is 0 Å². The number of benzene rings is 1. The Morgan fingerprint density at radius 2 is 1.88 bits per heavy atom. The average Bonchev–Trinajstić information content (AvgIpc) is 3.30. The molecule has 3 aromatic rings. The normalized spacial score (nSPS) is 14.2. The minimum Gasteiger partial charge on any atom is -0.497 e. The van der Waals surface area contributed by atoms with E-state index < -0.39 is 0 Å². The molecule has 0 atom stereocenters. The molecule has 1 aliphatic heterocycles. The largest absolute Gasteiger partial charge is 0.497 e. The van der Waals surface area contributed by atoms with Gasteiger partial charge in [0.1, 0.15) is 5.75 Å². The van der Waals surface area contributed by atoms with Gasteiger partial charge in [-0.2, -0.15) is 5.10 Å². The first kappa shape index (κ1) is 21.5. The third kappa shape index (κ3) is 4.49. The molecule has 0 N–H and O–H groups in total. The predicted molar refractivity (Wildman–Crippen MR) is 119 cm³/mol. The third-order valence-corrected chi connectivity index (χ3v) is 5.60. The van der Waals surface area contributed by atoms with Gasteiger partial charge in [-0.05, 0) is 62.2 Å². The Balaban J connectivity index is 1.60. The Labute approximate surface area is 186 Å². The molecule has 1 aromatic carbocycles. The standard InChI is InChI=1S/C24H26N4O4/c1-3-32-24(30)17-10-13-27(14-11-17)23(29)21-15-22(18-5-4-12-25-16-18)28(26-21)19-6-8-20(31-2)9-7-19/h4-9,12,15-17H,3,10-11,13-14H2,1-2H3. The minimum atomic E-state index is -0.178. The summed E-state index contributed by atoms with van der Waals surface area (Å²) in [6.07, 6.45) is 4.64. The molecule has 0 radical (unpaired) electrons. The van der Waals surface area contributed by atoms with E-state index in [4.69, 9.17) is 9.47 Å². The molecule has 0 saturated carbocycles. The summed E-state index contributed by atoms with van der Waals surface area (Å²) in [5.74, 6) is 0.262. The van der Waals surface area contributed by atoms with E-state index in [-0.39, 0.29) is 17.8 Å². The van der Waals surface area contributed by atoms with Crippen molar-refractivity contribution in [3.8, 4) is 22.7 Å². The van der Waals surface area contributed by atoms with Crippen molar-refractivity contribution in [2.45, 2.75) is 19.8 Å². The van der Waals surface area contributed by atoms with E-state index in [1.54, 1.807) is 42.1 Å². The zero-order valence-electron chi connectivity index (χ0n) is 18.2. The van der Waals surface area contributed by atoms with Gasteiger partial charge in [-0.1, -0.05) is 0 Å². The van der Waals surface area contributed by atoms with Crippen LogP contribution in [0.15, 0.2) is 54.9 Å². The molecule has 8 nitrogen and oxygen atoms in total. The molecular weight excluding hydrogens is 408 g/mol. The van der Waals surface area contributed by atoms with Gasteiger partial charge in [0.25, 0.3) is 5.91 Å². The number of aromatic nitrogens is 3. The molecule has 0 unspecified atom stereocenters. The average molecular weight is 434 g/mol. The second kappa shape index (κ2) is 9.64. The second-order valence-electron chi connectivity index (χ2n) is 7.58. The molecule has 32 heavy (non-hydrogen) atoms. The van der Waals surface area contributed by atoms with E-state index in [9.17, 15) is 9.59 Å². The molecule has 1 aliphatic rings. The number of likely N-dealkylation sites (tertiary alicyclic amines) is 1. The number of rotatable bonds is 6. The lowest BCUT2D eigenvalue weighted by atomic mass is 9.97. The van der Waals surface area contributed by atoms with Crippen LogP contribution in [-0.2, 0) is 9.53 Å². The summed E-state index contributed by atoms with van der Waals surface area (Å²) in [6, 6.07) is 13.1. The third-order valence-electron chi connectivity index (χ3n) is 5.60. The molecular formula is C24H26N4O4. The fraction of sp³-hybridized carbons (Fsp3) is 0.333. The maximum absolute atomic E-state index is 13.2. The lowest BCUT2D eigenvalue weighted by Gasteiger charge is -2.30. The van der Waals surface area contributed by atoms with E-state index in [1.165, 1.54) is 0 Å². The lowest BCUT2D eigenvalue weighted by molar-refractivity contribution is -0.149. The van der Waals surface area contributed by atoms with Gasteiger partial charge in [-0.25, -0.2) is 4.68 Å². The molecule has 166 valence electrons. The number of hydrogen-bond acceptors (Lipinski definition) is 6. The highest BCUT2D eigenvalue weighted by molar-refractivity contribution is 5.94. The van der Waals surface area contributed by atoms with Gasteiger partial charge in [0.05, 0.1) is 31.0 Å². The van der Waals surface area contributed by atoms with Gasteiger partial charge >= 0.3 is 5.97 Å². The van der Waals surface area contributed by atoms with Crippen LogP contribution in [-0.4, -0.2) is 58.3 Å². The van der Waals surface area contributed by atoms with Crippen LogP contribution < -0.4 is 4.74 Å². The van der Waals surface area contributed by atoms with Crippen molar-refractivity contribution in [1.82, 2.24) is 19.7 Å². The van der Waals surface area contributed by atoms with Crippen LogP contribution in [0.1, 0.15) is 30.3 Å². The minimum absolute atomic E-state index is 0.148. The zero-order chi connectivity index (χ0) is 22.5. The van der Waals surface area contributed by atoms with E-state index in [1.807, 2.05) is 36.4 Å². The van der Waals surface area contributed by atoms with Gasteiger partial charge in [0.15, 0.2) is 5.69 Å². The van der Waals surface area contributed by atoms with Crippen LogP contribution >= 0.6 is 0 Å². The summed E-state index contributed by atoms with van der Waals surface area (Å²) in [4.78, 5) is 31.2. The van der Waals surface area contributed by atoms with Crippen molar-refractivity contribution in [1.29, 1.82) is 0 Å². The Morgan fingerprint density at radius 1 is 1.12 bits per heavy atom. The van der Waals surface area contributed by atoms with Crippen LogP contribution in [0, 0.1) is 5.92 Å². The molecule has 1 amide bonds. The highest BCUT2D eigenvalue weighted by Gasteiger charge is 2.30. The summed E-state index contributed by atoms with van der Waals surface area (Å²) < 4.78 is 12.1. The predicted octanol–water partition coefficient (Wildman–Crippen LogP) is 3.36. The number of ether oxygens (including phenoxy) is 2. The quantitative estimate of drug-likeness (QED) is 0.553. The Bertz CT molecular complexity index is 1070. The molecule has 8 heteroatoms. The monoisotopic (exact) mass is 434 g/mol. The Hall–Kier alpha value is -3.68. The SMILES string of the molecule is CCOC(=O)C1CCN(C(=O)c2cc(-c3cccnc3)n(-c3ccc(OC)cc3)n2)CC1. The fourth-order valence-electron chi connectivity index (χ4n) is 3.87. The Kier molecular flexibility index (Phi) is 6.49. The molecule has 1 saturated heterocycles. The van der Waals surface area contributed by atoms with Crippen molar-refractivity contribution in [3.05, 3.63) is 60.6 Å². The molecule has 0 spiro atoms. The van der Waals surface area contributed by atoms with Gasteiger partial charge < -0.3 is 14.4 Å². The Morgan fingerprint density at radius 3 is 2.50 bits per heavy atom. The molecule has 1 fully saturated rings. The van der Waals surface area contributed by atoms with Crippen LogP contribution in [0.3, 0.4) is 0 Å². The van der Waals surface area contributed by atoms with Crippen LogP contribution in [0.25, 0.3) is 16.9 Å². The number of amides is 1. The highest BCUT2D eigenvalue weighted by atomic mass is 16.5. The molecule has 2 aromatic heterocycles. The number of carbonyl (C=O) groups excluding carboxylic acids is 2. The first-order valence-corrected chi connectivity index (χ1v) is 10.7. The summed E-state index contributed by atoms with van der Waals surface area (Å²) in [7, 11) is 1.62. The van der Waals surface area contributed by atoms with E-state index in [0.717, 1.165) is 22.7 Å². The molecule has 3 heterocycles. The van der Waals surface area contributed by atoms with Crippen molar-refractivity contribution in [2.75, 3.05) is 26.8 Å². The number of carbonyl (C=O) groups is 2. The molecule has 0 aliphatic carbocycles. The van der Waals surface area contributed by atoms with E-state index >= 15 is 0 Å². The van der Waals surface area contributed by atoms with Gasteiger partial charge in [-0.3, -0.25) is 14.6 Å². The molecule has 4 rings (SSSR count). The van der Waals surface area contributed by atoms with Crippen LogP contribution in [0.4, 0.5) is 0 Å². The number of methoxy groups -OCH3 is 1. The first-order valence-electron chi connectivity index (χ1n) is 10.7. The van der Waals surface area contributed by atoms with Crippen molar-refractivity contribution in [3.63, 3.8) is 0 Å². The summed E-state index contributed by atoms with van der Waals surface area (Å²) in [6.45, 7) is 3.17. The number of piperidine rings is 1. The smallest absolute Gasteiger partial charge is 0.309 e. The maximum atomic E-state index is 13.2. The fourth-order valence-corrected chi connectivity index (χ4v) is 3.87. The lowest BCUT2D eigenvalue weighted by Crippen LogP contribution is -2.40. The van der Waals surface area contributed by atoms with Crippen molar-refractivity contribution in [2.24, 2.45) is 5.92 Å².